The third kappa shape index (κ3) is 3.16. The Hall–Kier alpha value is -1.77. The molecule has 1 aromatic carbocycles. The Morgan fingerprint density at radius 2 is 2.26 bits per heavy atom. The second-order valence-corrected chi connectivity index (χ2v) is 5.66. The lowest BCUT2D eigenvalue weighted by Crippen LogP contribution is -2.15. The average molecular weight is 255 g/mol. The van der Waals surface area contributed by atoms with E-state index in [1.54, 1.807) is 0 Å². The van der Waals surface area contributed by atoms with Crippen molar-refractivity contribution in [1.82, 2.24) is 9.78 Å². The molecule has 0 spiro atoms. The van der Waals surface area contributed by atoms with Crippen molar-refractivity contribution in [3.63, 3.8) is 0 Å². The fourth-order valence-electron chi connectivity index (χ4n) is 2.91. The molecule has 3 nitrogen and oxygen atoms in total. The highest BCUT2D eigenvalue weighted by molar-refractivity contribution is 5.46. The fourth-order valence-corrected chi connectivity index (χ4v) is 2.91. The van der Waals surface area contributed by atoms with Crippen molar-refractivity contribution in [2.75, 3.05) is 5.32 Å². The zero-order chi connectivity index (χ0) is 13.1. The summed E-state index contributed by atoms with van der Waals surface area (Å²) in [5.74, 6) is 0.866. The van der Waals surface area contributed by atoms with Crippen molar-refractivity contribution in [2.24, 2.45) is 5.92 Å². The van der Waals surface area contributed by atoms with Crippen LogP contribution in [0, 0.1) is 5.92 Å². The molecule has 1 aliphatic rings. The second kappa shape index (κ2) is 5.47. The standard InChI is InChI=1S/C16H21N3/c1-13-6-7-16(10-13)18-15-5-2-4-14(11-15)12-19-9-3-8-17-19/h2-5,8-9,11,13,16,18H,6-7,10,12H2,1H3. The molecule has 100 valence electrons. The van der Waals surface area contributed by atoms with Crippen molar-refractivity contribution >= 4 is 5.69 Å². The maximum Gasteiger partial charge on any atom is 0.0660 e. The van der Waals surface area contributed by atoms with Crippen molar-refractivity contribution in [3.8, 4) is 0 Å². The van der Waals surface area contributed by atoms with E-state index in [0.29, 0.717) is 6.04 Å². The van der Waals surface area contributed by atoms with Gasteiger partial charge in [0.25, 0.3) is 0 Å². The molecular formula is C16H21N3. The van der Waals surface area contributed by atoms with Gasteiger partial charge in [0.05, 0.1) is 6.54 Å². The SMILES string of the molecule is CC1CCC(Nc2cccc(Cn3cccn3)c2)C1. The van der Waals surface area contributed by atoms with Crippen LogP contribution in [-0.4, -0.2) is 15.8 Å². The van der Waals surface area contributed by atoms with Crippen LogP contribution in [0.3, 0.4) is 0 Å². The van der Waals surface area contributed by atoms with Gasteiger partial charge in [-0.15, -0.1) is 0 Å². The smallest absolute Gasteiger partial charge is 0.0660 e. The van der Waals surface area contributed by atoms with Crippen molar-refractivity contribution in [3.05, 3.63) is 48.3 Å². The molecular weight excluding hydrogens is 234 g/mol. The van der Waals surface area contributed by atoms with Crippen molar-refractivity contribution < 1.29 is 0 Å². The molecule has 2 atom stereocenters. The first kappa shape index (κ1) is 12.3. The lowest BCUT2D eigenvalue weighted by molar-refractivity contribution is 0.602. The van der Waals surface area contributed by atoms with E-state index in [1.807, 2.05) is 23.1 Å². The molecule has 0 bridgehead atoms. The van der Waals surface area contributed by atoms with Gasteiger partial charge in [0.15, 0.2) is 0 Å². The number of aromatic nitrogens is 2. The third-order valence-corrected chi connectivity index (χ3v) is 3.90. The Balaban J connectivity index is 1.66. The molecule has 2 aromatic rings. The molecule has 1 saturated carbocycles. The zero-order valence-corrected chi connectivity index (χ0v) is 11.4. The summed E-state index contributed by atoms with van der Waals surface area (Å²) >= 11 is 0. The van der Waals surface area contributed by atoms with E-state index < -0.39 is 0 Å². The van der Waals surface area contributed by atoms with E-state index in [4.69, 9.17) is 0 Å². The second-order valence-electron chi connectivity index (χ2n) is 5.66. The lowest BCUT2D eigenvalue weighted by atomic mass is 10.1. The Kier molecular flexibility index (Phi) is 3.53. The first-order chi connectivity index (χ1) is 9.29. The lowest BCUT2D eigenvalue weighted by Gasteiger charge is -2.15. The minimum atomic E-state index is 0.648. The summed E-state index contributed by atoms with van der Waals surface area (Å²) in [5.41, 5.74) is 2.53. The molecule has 0 amide bonds. The van der Waals surface area contributed by atoms with Crippen LogP contribution >= 0.6 is 0 Å². The van der Waals surface area contributed by atoms with Crippen LogP contribution in [0.25, 0.3) is 0 Å². The molecule has 1 fully saturated rings. The predicted molar refractivity (Wildman–Crippen MR) is 78.2 cm³/mol. The molecule has 19 heavy (non-hydrogen) atoms. The normalized spacial score (nSPS) is 22.6. The minimum absolute atomic E-state index is 0.648. The van der Waals surface area contributed by atoms with Gasteiger partial charge in [-0.05, 0) is 48.9 Å². The average Bonchev–Trinajstić information content (AvgIpc) is 3.02. The largest absolute Gasteiger partial charge is 0.382 e. The van der Waals surface area contributed by atoms with Gasteiger partial charge in [-0.2, -0.15) is 5.10 Å². The quantitative estimate of drug-likeness (QED) is 0.905. The zero-order valence-electron chi connectivity index (χ0n) is 11.4. The number of nitrogens with zero attached hydrogens (tertiary/aromatic N) is 2. The minimum Gasteiger partial charge on any atom is -0.382 e. The van der Waals surface area contributed by atoms with E-state index in [9.17, 15) is 0 Å². The number of hydrogen-bond acceptors (Lipinski definition) is 2. The maximum absolute atomic E-state index is 4.25. The molecule has 3 heteroatoms. The summed E-state index contributed by atoms with van der Waals surface area (Å²) in [6.07, 6.45) is 7.76. The number of nitrogens with one attached hydrogen (secondary N) is 1. The first-order valence-corrected chi connectivity index (χ1v) is 7.12. The van der Waals surface area contributed by atoms with Gasteiger partial charge in [-0.25, -0.2) is 0 Å². The molecule has 1 aromatic heterocycles. The van der Waals surface area contributed by atoms with Gasteiger partial charge in [0, 0.05) is 24.1 Å². The van der Waals surface area contributed by atoms with Crippen molar-refractivity contribution in [1.29, 1.82) is 0 Å². The summed E-state index contributed by atoms with van der Waals surface area (Å²) < 4.78 is 1.96. The summed E-state index contributed by atoms with van der Waals surface area (Å²) in [4.78, 5) is 0. The van der Waals surface area contributed by atoms with Crippen LogP contribution in [-0.2, 0) is 6.54 Å². The van der Waals surface area contributed by atoms with E-state index in [2.05, 4.69) is 41.6 Å². The molecule has 1 N–H and O–H groups in total. The van der Waals surface area contributed by atoms with Crippen LogP contribution in [0.5, 0.6) is 0 Å². The first-order valence-electron chi connectivity index (χ1n) is 7.12. The van der Waals surface area contributed by atoms with Crippen LogP contribution in [0.4, 0.5) is 5.69 Å². The third-order valence-electron chi connectivity index (χ3n) is 3.90. The molecule has 1 aliphatic carbocycles. The van der Waals surface area contributed by atoms with E-state index in [0.717, 1.165) is 12.5 Å². The summed E-state index contributed by atoms with van der Waals surface area (Å²) in [5, 5.41) is 7.91. The highest BCUT2D eigenvalue weighted by atomic mass is 15.3. The van der Waals surface area contributed by atoms with Crippen LogP contribution in [0.15, 0.2) is 42.7 Å². The summed E-state index contributed by atoms with van der Waals surface area (Å²) in [6.45, 7) is 3.18. The van der Waals surface area contributed by atoms with Gasteiger partial charge >= 0.3 is 0 Å². The van der Waals surface area contributed by atoms with Gasteiger partial charge in [-0.1, -0.05) is 19.1 Å². The highest BCUT2D eigenvalue weighted by Crippen LogP contribution is 2.27. The molecule has 0 aliphatic heterocycles. The van der Waals surface area contributed by atoms with Gasteiger partial charge < -0.3 is 5.32 Å². The molecule has 3 rings (SSSR count). The summed E-state index contributed by atoms with van der Waals surface area (Å²) in [7, 11) is 0. The van der Waals surface area contributed by atoms with Crippen molar-refractivity contribution in [2.45, 2.75) is 38.8 Å². The van der Waals surface area contributed by atoms with Gasteiger partial charge in [-0.3, -0.25) is 4.68 Å². The highest BCUT2D eigenvalue weighted by Gasteiger charge is 2.20. The number of benzene rings is 1. The number of hydrogen-bond donors (Lipinski definition) is 1. The monoisotopic (exact) mass is 255 g/mol. The predicted octanol–water partition coefficient (Wildman–Crippen LogP) is 3.53. The Morgan fingerprint density at radius 3 is 3.00 bits per heavy atom. The molecule has 0 saturated heterocycles. The van der Waals surface area contributed by atoms with Crippen LogP contribution in [0.1, 0.15) is 31.7 Å². The van der Waals surface area contributed by atoms with E-state index in [-0.39, 0.29) is 0 Å². The fraction of sp³-hybridized carbons (Fsp3) is 0.438. The van der Waals surface area contributed by atoms with E-state index >= 15 is 0 Å². The molecule has 0 radical (unpaired) electrons. The number of rotatable bonds is 4. The Bertz CT molecular complexity index is 519. The molecule has 2 unspecified atom stereocenters. The molecule has 1 heterocycles. The van der Waals surface area contributed by atoms with Crippen LogP contribution in [0.2, 0.25) is 0 Å². The van der Waals surface area contributed by atoms with Crippen LogP contribution < -0.4 is 5.32 Å². The number of anilines is 1. The topological polar surface area (TPSA) is 29.9 Å². The Morgan fingerprint density at radius 1 is 1.32 bits per heavy atom. The summed E-state index contributed by atoms with van der Waals surface area (Å²) in [6, 6.07) is 11.3. The van der Waals surface area contributed by atoms with Gasteiger partial charge in [0.2, 0.25) is 0 Å². The maximum atomic E-state index is 4.25. The Labute approximate surface area is 114 Å². The van der Waals surface area contributed by atoms with Gasteiger partial charge in [0.1, 0.15) is 0 Å². The van der Waals surface area contributed by atoms with E-state index in [1.165, 1.54) is 30.5 Å².